The Labute approximate surface area is 238 Å². The van der Waals surface area contributed by atoms with Crippen LogP contribution in [-0.4, -0.2) is 51.5 Å². The van der Waals surface area contributed by atoms with Crippen LogP contribution in [0.1, 0.15) is 51.7 Å². The molecule has 3 aromatic rings. The van der Waals surface area contributed by atoms with Crippen molar-refractivity contribution in [3.8, 4) is 5.75 Å². The second-order valence-corrected chi connectivity index (χ2v) is 10.7. The van der Waals surface area contributed by atoms with Crippen molar-refractivity contribution in [2.75, 3.05) is 24.3 Å². The third-order valence-corrected chi connectivity index (χ3v) is 7.96. The predicted octanol–water partition coefficient (Wildman–Crippen LogP) is 4.99. The van der Waals surface area contributed by atoms with Crippen molar-refractivity contribution in [2.45, 2.75) is 45.3 Å². The molecular weight excluding hydrogens is 573 g/mol. The van der Waals surface area contributed by atoms with Crippen molar-refractivity contribution in [3.05, 3.63) is 50.1 Å². The number of rotatable bonds is 13. The molecule has 3 rings (SSSR count). The third-order valence-electron chi connectivity index (χ3n) is 5.24. The van der Waals surface area contributed by atoms with Crippen LogP contribution in [0, 0.1) is 6.92 Å². The summed E-state index contributed by atoms with van der Waals surface area (Å²) in [6.45, 7) is 6.43. The molecule has 0 radical (unpaired) electrons. The number of esters is 1. The molecule has 0 atom stereocenters. The molecule has 0 spiro atoms. The Kier molecular flexibility index (Phi) is 10.8. The van der Waals surface area contributed by atoms with Gasteiger partial charge in [-0.25, -0.2) is 4.79 Å². The van der Waals surface area contributed by atoms with Gasteiger partial charge in [0.05, 0.1) is 34.4 Å². The molecule has 0 aliphatic rings. The van der Waals surface area contributed by atoms with Crippen LogP contribution in [0.2, 0.25) is 10.0 Å². The lowest BCUT2D eigenvalue weighted by Gasteiger charge is -2.10. The summed E-state index contributed by atoms with van der Waals surface area (Å²) < 4.78 is 12.7. The first kappa shape index (κ1) is 29.8. The van der Waals surface area contributed by atoms with Gasteiger partial charge in [-0.1, -0.05) is 35.0 Å². The number of ether oxygens (including phenoxy) is 2. The highest BCUT2D eigenvalue weighted by molar-refractivity contribution is 7.99. The highest BCUT2D eigenvalue weighted by Crippen LogP contribution is 2.34. The molecule has 0 unspecified atom stereocenters. The van der Waals surface area contributed by atoms with Gasteiger partial charge >= 0.3 is 5.97 Å². The Balaban J connectivity index is 1.59. The minimum Gasteiger partial charge on any atom is -0.492 e. The Morgan fingerprint density at radius 2 is 1.97 bits per heavy atom. The number of carbonyl (C=O) groups is 3. The highest BCUT2D eigenvalue weighted by atomic mass is 35.5. The number of amides is 2. The third kappa shape index (κ3) is 7.40. The number of thiophene rings is 1. The van der Waals surface area contributed by atoms with Gasteiger partial charge in [-0.3, -0.25) is 9.59 Å². The topological polar surface area (TPSA) is 138 Å². The average molecular weight is 601 g/mol. The van der Waals surface area contributed by atoms with E-state index < -0.39 is 11.9 Å². The largest absolute Gasteiger partial charge is 0.492 e. The summed E-state index contributed by atoms with van der Waals surface area (Å²) in [7, 11) is 0. The second kappa shape index (κ2) is 13.8. The SMILES string of the molecule is CCOC(=O)c1c(NC(=O)CSc2nnc(CCCOc3ccc(Cl)cc3Cl)n2CC)sc(C(N)=O)c1C. The summed E-state index contributed by atoms with van der Waals surface area (Å²) in [4.78, 5) is 37.1. The van der Waals surface area contributed by atoms with Crippen molar-refractivity contribution in [1.29, 1.82) is 0 Å². The summed E-state index contributed by atoms with van der Waals surface area (Å²) in [5.74, 6) is -0.344. The summed E-state index contributed by atoms with van der Waals surface area (Å²) >= 11 is 14.2. The van der Waals surface area contributed by atoms with Gasteiger partial charge in [0.25, 0.3) is 5.91 Å². The smallest absolute Gasteiger partial charge is 0.341 e. The zero-order valence-electron chi connectivity index (χ0n) is 21.0. The summed E-state index contributed by atoms with van der Waals surface area (Å²) in [6, 6.07) is 5.06. The maximum absolute atomic E-state index is 12.7. The first-order chi connectivity index (χ1) is 18.2. The fourth-order valence-corrected chi connectivity index (χ4v) is 5.86. The van der Waals surface area contributed by atoms with Crippen LogP contribution in [0.25, 0.3) is 0 Å². The molecule has 0 saturated carbocycles. The van der Waals surface area contributed by atoms with E-state index in [2.05, 4.69) is 15.5 Å². The number of aryl methyl sites for hydroxylation is 1. The van der Waals surface area contributed by atoms with E-state index in [1.165, 1.54) is 11.8 Å². The van der Waals surface area contributed by atoms with Crippen LogP contribution in [0.4, 0.5) is 5.00 Å². The van der Waals surface area contributed by atoms with Crippen molar-refractivity contribution in [1.82, 2.24) is 14.8 Å². The molecule has 0 fully saturated rings. The molecule has 2 amide bonds. The van der Waals surface area contributed by atoms with E-state index in [-0.39, 0.29) is 33.7 Å². The van der Waals surface area contributed by atoms with Crippen molar-refractivity contribution < 1.29 is 23.9 Å². The zero-order chi connectivity index (χ0) is 27.8. The average Bonchev–Trinajstić information content (AvgIpc) is 3.41. The minimum absolute atomic E-state index is 0.0153. The molecule has 3 N–H and O–H groups in total. The van der Waals surface area contributed by atoms with Crippen molar-refractivity contribution in [3.63, 3.8) is 0 Å². The fraction of sp³-hybridized carbons (Fsp3) is 0.375. The molecule has 1 aromatic carbocycles. The monoisotopic (exact) mass is 599 g/mol. The van der Waals surface area contributed by atoms with Gasteiger partial charge in [-0.2, -0.15) is 0 Å². The number of hydrogen-bond acceptors (Lipinski definition) is 9. The number of nitrogens with zero attached hydrogens (tertiary/aromatic N) is 3. The Bertz CT molecular complexity index is 1330. The van der Waals surface area contributed by atoms with E-state index in [0.717, 1.165) is 17.2 Å². The number of hydrogen-bond donors (Lipinski definition) is 2. The van der Waals surface area contributed by atoms with E-state index in [1.54, 1.807) is 32.0 Å². The Morgan fingerprint density at radius 3 is 2.63 bits per heavy atom. The highest BCUT2D eigenvalue weighted by Gasteiger charge is 2.26. The number of carbonyl (C=O) groups excluding carboxylic acids is 3. The molecule has 0 aliphatic carbocycles. The maximum atomic E-state index is 12.7. The maximum Gasteiger partial charge on any atom is 0.341 e. The molecule has 0 saturated heterocycles. The van der Waals surface area contributed by atoms with Gasteiger partial charge < -0.3 is 25.1 Å². The van der Waals surface area contributed by atoms with Gasteiger partial charge in [0.15, 0.2) is 5.16 Å². The number of halogens is 2. The molecule has 0 aliphatic heterocycles. The number of anilines is 1. The van der Waals surface area contributed by atoms with Crippen LogP contribution in [0.3, 0.4) is 0 Å². The Morgan fingerprint density at radius 1 is 1.21 bits per heavy atom. The van der Waals surface area contributed by atoms with Crippen LogP contribution < -0.4 is 15.8 Å². The predicted molar refractivity (Wildman–Crippen MR) is 149 cm³/mol. The molecule has 0 bridgehead atoms. The van der Waals surface area contributed by atoms with Crippen molar-refractivity contribution >= 4 is 69.1 Å². The molecule has 10 nitrogen and oxygen atoms in total. The minimum atomic E-state index is -0.682. The van der Waals surface area contributed by atoms with Gasteiger partial charge in [0.1, 0.15) is 16.6 Å². The molecule has 14 heteroatoms. The van der Waals surface area contributed by atoms with Gasteiger partial charge in [0, 0.05) is 18.0 Å². The van der Waals surface area contributed by atoms with E-state index >= 15 is 0 Å². The van der Waals surface area contributed by atoms with Gasteiger partial charge in [-0.05, 0) is 51.0 Å². The van der Waals surface area contributed by atoms with E-state index in [1.807, 2.05) is 11.5 Å². The van der Waals surface area contributed by atoms with Crippen molar-refractivity contribution in [2.24, 2.45) is 5.73 Å². The fourth-order valence-electron chi connectivity index (χ4n) is 3.51. The number of nitrogens with two attached hydrogens (primary N) is 1. The molecule has 2 aromatic heterocycles. The number of thioether (sulfide) groups is 1. The van der Waals surface area contributed by atoms with Crippen LogP contribution in [0.15, 0.2) is 23.4 Å². The normalized spacial score (nSPS) is 10.9. The number of aromatic nitrogens is 3. The first-order valence-electron chi connectivity index (χ1n) is 11.7. The quantitative estimate of drug-likeness (QED) is 0.159. The second-order valence-electron chi connectivity index (χ2n) is 7.85. The van der Waals surface area contributed by atoms with Crippen LogP contribution in [-0.2, 0) is 22.5 Å². The lowest BCUT2D eigenvalue weighted by molar-refractivity contribution is -0.113. The number of primary amides is 1. The Hall–Kier alpha value is -2.80. The standard InChI is InChI=1S/C24H27Cl2N5O5S2/c1-4-31-17(7-6-10-36-16-9-8-14(25)11-15(16)26)29-30-24(31)37-12-18(32)28-22-19(23(34)35-5-2)13(3)20(38-22)21(27)33/h8-9,11H,4-7,10,12H2,1-3H3,(H2,27,33)(H,28,32). The van der Waals surface area contributed by atoms with Gasteiger partial charge in [0.2, 0.25) is 5.91 Å². The van der Waals surface area contributed by atoms with E-state index in [4.69, 9.17) is 38.4 Å². The number of benzene rings is 1. The molecule has 38 heavy (non-hydrogen) atoms. The zero-order valence-corrected chi connectivity index (χ0v) is 24.2. The lowest BCUT2D eigenvalue weighted by atomic mass is 10.1. The van der Waals surface area contributed by atoms with E-state index in [9.17, 15) is 14.4 Å². The lowest BCUT2D eigenvalue weighted by Crippen LogP contribution is -2.17. The van der Waals surface area contributed by atoms with Gasteiger partial charge in [-0.15, -0.1) is 21.5 Å². The summed E-state index contributed by atoms with van der Waals surface area (Å²) in [5.41, 5.74) is 5.93. The van der Waals surface area contributed by atoms with E-state index in [0.29, 0.717) is 52.5 Å². The number of nitrogens with one attached hydrogen (secondary N) is 1. The summed E-state index contributed by atoms with van der Waals surface area (Å²) in [5, 5.41) is 13.0. The van der Waals surface area contributed by atoms with Crippen LogP contribution in [0.5, 0.6) is 5.75 Å². The molecule has 2 heterocycles. The summed E-state index contributed by atoms with van der Waals surface area (Å²) in [6.07, 6.45) is 1.30. The van der Waals surface area contributed by atoms with Crippen LogP contribution >= 0.6 is 46.3 Å². The first-order valence-corrected chi connectivity index (χ1v) is 14.2. The molecule has 204 valence electrons. The molecular formula is C24H27Cl2N5O5S2.